The molecule has 2 aromatic rings. The van der Waals surface area contributed by atoms with Crippen molar-refractivity contribution in [2.45, 2.75) is 0 Å². The average Bonchev–Trinajstić information content (AvgIpc) is 2.53. The van der Waals surface area contributed by atoms with Gasteiger partial charge in [-0.25, -0.2) is 4.79 Å². The Balaban J connectivity index is 2.25. The van der Waals surface area contributed by atoms with Crippen LogP contribution in [-0.2, 0) is 0 Å². The second-order valence-electron chi connectivity index (χ2n) is 4.41. The topological polar surface area (TPSA) is 59.9 Å². The van der Waals surface area contributed by atoms with Crippen LogP contribution < -0.4 is 14.9 Å². The normalized spacial score (nSPS) is 10.6. The summed E-state index contributed by atoms with van der Waals surface area (Å²) in [6.07, 6.45) is 1.62. The molecule has 0 heterocycles. The van der Waals surface area contributed by atoms with Gasteiger partial charge in [0.2, 0.25) is 0 Å². The Labute approximate surface area is 143 Å². The lowest BCUT2D eigenvalue weighted by Gasteiger charge is -2.10. The molecule has 0 unspecified atom stereocenters. The van der Waals surface area contributed by atoms with E-state index >= 15 is 0 Å². The molecule has 120 valence electrons. The third kappa shape index (κ3) is 4.37. The average molecular weight is 353 g/mol. The Morgan fingerprint density at radius 1 is 1.17 bits per heavy atom. The Morgan fingerprint density at radius 2 is 1.96 bits per heavy atom. The van der Waals surface area contributed by atoms with Gasteiger partial charge in [0.25, 0.3) is 0 Å². The molecule has 0 saturated heterocycles. The highest BCUT2D eigenvalue weighted by Gasteiger charge is 2.16. The molecule has 7 heteroatoms. The summed E-state index contributed by atoms with van der Waals surface area (Å²) < 4.78 is 10.6. The highest BCUT2D eigenvalue weighted by atomic mass is 35.5. The Bertz CT molecular complexity index is 748. The summed E-state index contributed by atoms with van der Waals surface area (Å²) >= 11 is 11.8. The summed E-state index contributed by atoms with van der Waals surface area (Å²) in [5.74, 6) is 0.0928. The van der Waals surface area contributed by atoms with Crippen LogP contribution in [-0.4, -0.2) is 26.3 Å². The number of hydrazone groups is 1. The summed E-state index contributed by atoms with van der Waals surface area (Å²) in [4.78, 5) is 12.2. The van der Waals surface area contributed by atoms with Crippen molar-refractivity contribution in [1.29, 1.82) is 0 Å². The van der Waals surface area contributed by atoms with Gasteiger partial charge in [0.1, 0.15) is 0 Å². The number of rotatable bonds is 5. The van der Waals surface area contributed by atoms with Gasteiger partial charge in [-0.2, -0.15) is 5.10 Å². The Kier molecular flexibility index (Phi) is 5.84. The van der Waals surface area contributed by atoms with Crippen LogP contribution >= 0.6 is 23.2 Å². The van der Waals surface area contributed by atoms with Crippen LogP contribution in [0.2, 0.25) is 10.0 Å². The zero-order chi connectivity index (χ0) is 16.8. The van der Waals surface area contributed by atoms with Gasteiger partial charge in [-0.1, -0.05) is 23.2 Å². The fraction of sp³-hybridized carbons (Fsp3) is 0.125. The molecular weight excluding hydrogens is 339 g/mol. The zero-order valence-corrected chi connectivity index (χ0v) is 14.0. The van der Waals surface area contributed by atoms with Crippen molar-refractivity contribution in [2.75, 3.05) is 14.2 Å². The number of hydrogen-bond acceptors (Lipinski definition) is 5. The molecule has 0 atom stereocenters. The van der Waals surface area contributed by atoms with Crippen LogP contribution in [0.15, 0.2) is 41.5 Å². The maximum absolute atomic E-state index is 12.2. The predicted molar refractivity (Wildman–Crippen MR) is 91.1 cm³/mol. The monoisotopic (exact) mass is 352 g/mol. The quantitative estimate of drug-likeness (QED) is 0.385. The highest BCUT2D eigenvalue weighted by molar-refractivity contribution is 6.36. The minimum atomic E-state index is -0.596. The van der Waals surface area contributed by atoms with Crippen molar-refractivity contribution >= 4 is 35.4 Å². The van der Waals surface area contributed by atoms with Crippen molar-refractivity contribution in [3.63, 3.8) is 0 Å². The number of halogens is 2. The maximum atomic E-state index is 12.2. The second kappa shape index (κ2) is 7.85. The molecule has 2 rings (SSSR count). The molecule has 0 bridgehead atoms. The van der Waals surface area contributed by atoms with Gasteiger partial charge in [-0.05, 0) is 42.0 Å². The number of esters is 1. The fourth-order valence-electron chi connectivity index (χ4n) is 1.80. The first kappa shape index (κ1) is 17.1. The Hall–Kier alpha value is -2.24. The van der Waals surface area contributed by atoms with E-state index in [1.165, 1.54) is 19.2 Å². The predicted octanol–water partition coefficient (Wildman–Crippen LogP) is 3.77. The number of nitrogens with zero attached hydrogens (tertiary/aromatic N) is 1. The van der Waals surface area contributed by atoms with E-state index in [2.05, 4.69) is 10.5 Å². The van der Waals surface area contributed by atoms with E-state index in [1.807, 2.05) is 0 Å². The summed E-state index contributed by atoms with van der Waals surface area (Å²) in [5.41, 5.74) is 3.66. The first-order chi connectivity index (χ1) is 11.0. The molecule has 0 aliphatic heterocycles. The molecule has 2 aromatic carbocycles. The van der Waals surface area contributed by atoms with Crippen molar-refractivity contribution in [1.82, 2.24) is 5.43 Å². The van der Waals surface area contributed by atoms with E-state index in [4.69, 9.17) is 32.7 Å². The number of benzene rings is 2. The van der Waals surface area contributed by atoms with Crippen LogP contribution in [0.3, 0.4) is 0 Å². The van der Waals surface area contributed by atoms with E-state index in [-0.39, 0.29) is 16.3 Å². The van der Waals surface area contributed by atoms with E-state index in [9.17, 15) is 4.79 Å². The minimum Gasteiger partial charge on any atom is -0.493 e. The first-order valence-electron chi connectivity index (χ1n) is 6.60. The highest BCUT2D eigenvalue weighted by Crippen LogP contribution is 2.29. The SMILES string of the molecule is CN/N=C/c1ccc(OC(=O)c2ccc(Cl)cc2Cl)c(OC)c1. The smallest absolute Gasteiger partial charge is 0.345 e. The summed E-state index contributed by atoms with van der Waals surface area (Å²) in [6.45, 7) is 0. The van der Waals surface area contributed by atoms with Gasteiger partial charge in [0.15, 0.2) is 11.5 Å². The number of carbonyl (C=O) groups is 1. The number of hydrogen-bond donors (Lipinski definition) is 1. The molecule has 0 saturated carbocycles. The van der Waals surface area contributed by atoms with E-state index in [0.717, 1.165) is 5.56 Å². The van der Waals surface area contributed by atoms with Crippen molar-refractivity contribution in [3.05, 3.63) is 57.6 Å². The van der Waals surface area contributed by atoms with E-state index in [1.54, 1.807) is 37.5 Å². The lowest BCUT2D eigenvalue weighted by molar-refractivity contribution is 0.0730. The molecule has 1 N–H and O–H groups in total. The van der Waals surface area contributed by atoms with Gasteiger partial charge in [0, 0.05) is 12.1 Å². The summed E-state index contributed by atoms with van der Waals surface area (Å²) in [7, 11) is 3.18. The number of ether oxygens (including phenoxy) is 2. The molecule has 0 spiro atoms. The molecule has 0 amide bonds. The first-order valence-corrected chi connectivity index (χ1v) is 7.36. The molecule has 0 fully saturated rings. The molecule has 0 aliphatic carbocycles. The minimum absolute atomic E-state index is 0.221. The summed E-state index contributed by atoms with van der Waals surface area (Å²) in [6, 6.07) is 9.63. The summed E-state index contributed by atoms with van der Waals surface area (Å²) in [5, 5.41) is 4.57. The van der Waals surface area contributed by atoms with Crippen molar-refractivity contribution in [2.24, 2.45) is 5.10 Å². The molecule has 0 aliphatic rings. The van der Waals surface area contributed by atoms with Gasteiger partial charge in [-0.15, -0.1) is 0 Å². The van der Waals surface area contributed by atoms with Gasteiger partial charge in [0.05, 0.1) is 23.9 Å². The van der Waals surface area contributed by atoms with Crippen LogP contribution in [0.4, 0.5) is 0 Å². The fourth-order valence-corrected chi connectivity index (χ4v) is 2.28. The van der Waals surface area contributed by atoms with Crippen molar-refractivity contribution < 1.29 is 14.3 Å². The van der Waals surface area contributed by atoms with Gasteiger partial charge in [-0.3, -0.25) is 0 Å². The second-order valence-corrected chi connectivity index (χ2v) is 5.25. The number of methoxy groups -OCH3 is 1. The molecular formula is C16H14Cl2N2O3. The maximum Gasteiger partial charge on any atom is 0.345 e. The lowest BCUT2D eigenvalue weighted by Crippen LogP contribution is -2.10. The largest absolute Gasteiger partial charge is 0.493 e. The third-order valence-electron chi connectivity index (χ3n) is 2.88. The molecule has 0 aromatic heterocycles. The van der Waals surface area contributed by atoms with E-state index < -0.39 is 5.97 Å². The van der Waals surface area contributed by atoms with Gasteiger partial charge >= 0.3 is 5.97 Å². The van der Waals surface area contributed by atoms with Crippen LogP contribution in [0.25, 0.3) is 0 Å². The van der Waals surface area contributed by atoms with Crippen LogP contribution in [0.5, 0.6) is 11.5 Å². The third-order valence-corrected chi connectivity index (χ3v) is 3.43. The molecule has 5 nitrogen and oxygen atoms in total. The molecule has 0 radical (unpaired) electrons. The lowest BCUT2D eigenvalue weighted by atomic mass is 10.2. The van der Waals surface area contributed by atoms with Crippen LogP contribution in [0, 0.1) is 0 Å². The zero-order valence-electron chi connectivity index (χ0n) is 12.5. The number of nitrogens with one attached hydrogen (secondary N) is 1. The van der Waals surface area contributed by atoms with Crippen molar-refractivity contribution in [3.8, 4) is 11.5 Å². The standard InChI is InChI=1S/C16H14Cl2N2O3/c1-19-20-9-10-3-6-14(15(7-10)22-2)23-16(21)12-5-4-11(17)8-13(12)18/h3-9,19H,1-2H3/b20-9+. The van der Waals surface area contributed by atoms with Gasteiger partial charge < -0.3 is 14.9 Å². The molecule has 23 heavy (non-hydrogen) atoms. The van der Waals surface area contributed by atoms with Crippen LogP contribution in [0.1, 0.15) is 15.9 Å². The number of carbonyl (C=O) groups excluding carboxylic acids is 1. The van der Waals surface area contributed by atoms with E-state index in [0.29, 0.717) is 10.8 Å². The Morgan fingerprint density at radius 3 is 2.61 bits per heavy atom.